The van der Waals surface area contributed by atoms with Crippen LogP contribution in [0.5, 0.6) is 5.75 Å². The molecule has 2 N–H and O–H groups in total. The van der Waals surface area contributed by atoms with E-state index in [0.29, 0.717) is 24.8 Å². The number of hydrogen-bond donors (Lipinski definition) is 2. The number of carboxylic acid groups (broad SMARTS) is 1. The van der Waals surface area contributed by atoms with Crippen LogP contribution in [0.2, 0.25) is 0 Å². The lowest BCUT2D eigenvalue weighted by molar-refractivity contribution is -0.0499. The summed E-state index contributed by atoms with van der Waals surface area (Å²) in [5.41, 5.74) is 0.752. The molecule has 1 aliphatic heterocycles. The van der Waals surface area contributed by atoms with Crippen LogP contribution in [0.25, 0.3) is 0 Å². The van der Waals surface area contributed by atoms with Crippen molar-refractivity contribution in [3.63, 3.8) is 0 Å². The van der Waals surface area contributed by atoms with Crippen LogP contribution in [0.15, 0.2) is 48.5 Å². The molecule has 1 saturated heterocycles. The van der Waals surface area contributed by atoms with Crippen molar-refractivity contribution in [2.45, 2.75) is 70.4 Å². The zero-order valence-corrected chi connectivity index (χ0v) is 19.3. The first kappa shape index (κ1) is 25.4. The predicted octanol–water partition coefficient (Wildman–Crippen LogP) is 5.03. The molecule has 0 bridgehead atoms. The van der Waals surface area contributed by atoms with Crippen molar-refractivity contribution in [3.05, 3.63) is 65.2 Å². The Labute approximate surface area is 196 Å². The van der Waals surface area contributed by atoms with Gasteiger partial charge < -0.3 is 19.7 Å². The van der Waals surface area contributed by atoms with Gasteiger partial charge in [-0.05, 0) is 75.4 Å². The van der Waals surface area contributed by atoms with E-state index >= 15 is 0 Å². The first-order valence-corrected chi connectivity index (χ1v) is 11.0. The van der Waals surface area contributed by atoms with Crippen LogP contribution in [0.4, 0.5) is 13.6 Å². The van der Waals surface area contributed by atoms with Gasteiger partial charge in [0.25, 0.3) is 0 Å². The van der Waals surface area contributed by atoms with Gasteiger partial charge in [0.1, 0.15) is 11.4 Å². The maximum absolute atomic E-state index is 13.1. The number of aliphatic hydroxyl groups is 1. The molecule has 2 aromatic rings. The number of halogens is 2. The molecular formula is C25H29F2NO6. The van der Waals surface area contributed by atoms with Gasteiger partial charge in [0.05, 0.1) is 17.7 Å². The molecule has 1 amide bonds. The van der Waals surface area contributed by atoms with Crippen LogP contribution in [-0.2, 0) is 11.2 Å². The molecule has 7 nitrogen and oxygen atoms in total. The van der Waals surface area contributed by atoms with Crippen molar-refractivity contribution in [2.24, 2.45) is 0 Å². The summed E-state index contributed by atoms with van der Waals surface area (Å²) < 4.78 is 34.8. The third-order valence-corrected chi connectivity index (χ3v) is 5.63. The van der Waals surface area contributed by atoms with Crippen LogP contribution >= 0.6 is 0 Å². The Morgan fingerprint density at radius 1 is 1.06 bits per heavy atom. The number of nitrogens with zero attached hydrogens (tertiary/aromatic N) is 1. The number of rotatable bonds is 7. The van der Waals surface area contributed by atoms with E-state index in [1.807, 2.05) is 0 Å². The highest BCUT2D eigenvalue weighted by molar-refractivity contribution is 5.87. The molecule has 0 spiro atoms. The minimum Gasteiger partial charge on any atom is -0.478 e. The first-order valence-electron chi connectivity index (χ1n) is 11.0. The van der Waals surface area contributed by atoms with Gasteiger partial charge in [-0.15, -0.1) is 0 Å². The summed E-state index contributed by atoms with van der Waals surface area (Å²) in [6.45, 7) is 2.33. The molecule has 1 fully saturated rings. The predicted molar refractivity (Wildman–Crippen MR) is 120 cm³/mol. The molecule has 9 heteroatoms. The first-order chi connectivity index (χ1) is 15.9. The average Bonchev–Trinajstić information content (AvgIpc) is 3.16. The van der Waals surface area contributed by atoms with Gasteiger partial charge in [-0.1, -0.05) is 24.3 Å². The van der Waals surface area contributed by atoms with E-state index in [1.165, 1.54) is 36.4 Å². The second kappa shape index (κ2) is 10.4. The summed E-state index contributed by atoms with van der Waals surface area (Å²) >= 11 is 0. The third kappa shape index (κ3) is 6.44. The van der Waals surface area contributed by atoms with E-state index in [9.17, 15) is 23.5 Å². The fourth-order valence-electron chi connectivity index (χ4n) is 4.15. The molecule has 0 aromatic heterocycles. The van der Waals surface area contributed by atoms with E-state index in [0.717, 1.165) is 5.56 Å². The number of ether oxygens (including phenoxy) is 2. The van der Waals surface area contributed by atoms with Crippen molar-refractivity contribution in [2.75, 3.05) is 0 Å². The maximum Gasteiger partial charge on any atom is 0.410 e. The van der Waals surface area contributed by atoms with Crippen molar-refractivity contribution in [3.8, 4) is 5.75 Å². The second-order valence-electron chi connectivity index (χ2n) is 9.28. The Hall–Kier alpha value is -3.20. The van der Waals surface area contributed by atoms with Gasteiger partial charge in [0, 0.05) is 6.04 Å². The van der Waals surface area contributed by atoms with Crippen LogP contribution < -0.4 is 4.74 Å². The van der Waals surface area contributed by atoms with Crippen molar-refractivity contribution < 1.29 is 38.1 Å². The Morgan fingerprint density at radius 2 is 1.68 bits per heavy atom. The van der Waals surface area contributed by atoms with Crippen LogP contribution in [0.1, 0.15) is 61.2 Å². The minimum absolute atomic E-state index is 0.0240. The van der Waals surface area contributed by atoms with Gasteiger partial charge in [0.2, 0.25) is 0 Å². The van der Waals surface area contributed by atoms with Gasteiger partial charge >= 0.3 is 18.7 Å². The lowest BCUT2D eigenvalue weighted by atomic mass is 10.00. The molecule has 0 unspecified atom stereocenters. The number of alkyl halides is 2. The molecule has 0 radical (unpaired) electrons. The van der Waals surface area contributed by atoms with Crippen molar-refractivity contribution >= 4 is 12.1 Å². The Balaban J connectivity index is 1.82. The number of benzene rings is 2. The zero-order chi connectivity index (χ0) is 25.0. The number of carbonyl (C=O) groups is 2. The fraction of sp³-hybridized carbons (Fsp3) is 0.440. The number of aliphatic hydroxyl groups excluding tert-OH is 1. The summed E-state index contributed by atoms with van der Waals surface area (Å²) in [4.78, 5) is 25.8. The Bertz CT molecular complexity index is 988. The smallest absolute Gasteiger partial charge is 0.410 e. The highest BCUT2D eigenvalue weighted by atomic mass is 19.3. The molecule has 3 atom stereocenters. The minimum atomic E-state index is -2.95. The number of amides is 1. The second-order valence-corrected chi connectivity index (χ2v) is 9.28. The number of likely N-dealkylation sites (tertiary alicyclic amines) is 1. The maximum atomic E-state index is 13.1. The van der Waals surface area contributed by atoms with Crippen LogP contribution in [0, 0.1) is 0 Å². The fourth-order valence-corrected chi connectivity index (χ4v) is 4.15. The highest BCUT2D eigenvalue weighted by Crippen LogP contribution is 2.36. The van der Waals surface area contributed by atoms with E-state index in [2.05, 4.69) is 4.74 Å². The van der Waals surface area contributed by atoms with Crippen molar-refractivity contribution in [1.29, 1.82) is 0 Å². The summed E-state index contributed by atoms with van der Waals surface area (Å²) in [5, 5.41) is 20.2. The van der Waals surface area contributed by atoms with Gasteiger partial charge in [-0.25, -0.2) is 9.59 Å². The van der Waals surface area contributed by atoms with E-state index in [1.54, 1.807) is 37.8 Å². The molecule has 2 aromatic carbocycles. The molecule has 3 rings (SSSR count). The van der Waals surface area contributed by atoms with Gasteiger partial charge in [0.15, 0.2) is 0 Å². The molecule has 1 heterocycles. The standard InChI is InChI=1S/C25H29F2NO6/c1-25(2,3)34-24(32)28-18(14-15-4-6-17(7-5-15)22(30)31)10-13-20(28)21(29)16-8-11-19(12-9-16)33-23(26)27/h4-9,11-12,18,20-21,23,29H,10,13-14H2,1-3H3,(H,30,31)/t18-,20+,21+/m0/s1. The Kier molecular flexibility index (Phi) is 7.76. The van der Waals surface area contributed by atoms with Crippen LogP contribution in [-0.4, -0.2) is 51.5 Å². The molecule has 184 valence electrons. The zero-order valence-electron chi connectivity index (χ0n) is 19.3. The highest BCUT2D eigenvalue weighted by Gasteiger charge is 2.43. The van der Waals surface area contributed by atoms with Crippen molar-refractivity contribution in [1.82, 2.24) is 4.90 Å². The molecule has 0 aliphatic carbocycles. The number of carboxylic acids is 1. The quantitative estimate of drug-likeness (QED) is 0.581. The van der Waals surface area contributed by atoms with Gasteiger partial charge in [-0.3, -0.25) is 4.90 Å². The summed E-state index contributed by atoms with van der Waals surface area (Å²) in [6.07, 6.45) is -0.0444. The largest absolute Gasteiger partial charge is 0.478 e. The summed E-state index contributed by atoms with van der Waals surface area (Å²) in [6, 6.07) is 11.3. The lowest BCUT2D eigenvalue weighted by Crippen LogP contribution is -2.47. The molecule has 0 saturated carbocycles. The average molecular weight is 478 g/mol. The van der Waals surface area contributed by atoms with Crippen LogP contribution in [0.3, 0.4) is 0 Å². The SMILES string of the molecule is CC(C)(C)OC(=O)N1[C@H](Cc2ccc(C(=O)O)cc2)CC[C@@H]1[C@H](O)c1ccc(OC(F)F)cc1. The lowest BCUT2D eigenvalue weighted by Gasteiger charge is -2.35. The van der Waals surface area contributed by atoms with E-state index < -0.39 is 36.4 Å². The van der Waals surface area contributed by atoms with E-state index in [-0.39, 0.29) is 17.4 Å². The number of hydrogen-bond acceptors (Lipinski definition) is 5. The number of carbonyl (C=O) groups excluding carboxylic acids is 1. The topological polar surface area (TPSA) is 96.3 Å². The van der Waals surface area contributed by atoms with E-state index in [4.69, 9.17) is 9.84 Å². The number of aromatic carboxylic acids is 1. The Morgan fingerprint density at radius 3 is 2.21 bits per heavy atom. The summed E-state index contributed by atoms with van der Waals surface area (Å²) in [5.74, 6) is -1.04. The summed E-state index contributed by atoms with van der Waals surface area (Å²) in [7, 11) is 0. The van der Waals surface area contributed by atoms with Gasteiger partial charge in [-0.2, -0.15) is 8.78 Å². The molecule has 34 heavy (non-hydrogen) atoms. The molecular weight excluding hydrogens is 448 g/mol. The molecule has 1 aliphatic rings. The normalized spacial score (nSPS) is 19.2. The third-order valence-electron chi connectivity index (χ3n) is 5.63. The monoisotopic (exact) mass is 477 g/mol.